The first-order chi connectivity index (χ1) is 18.2. The fourth-order valence-electron chi connectivity index (χ4n) is 4.69. The summed E-state index contributed by atoms with van der Waals surface area (Å²) in [4.78, 5) is 25.0. The van der Waals surface area contributed by atoms with Crippen molar-refractivity contribution in [2.24, 2.45) is 5.73 Å². The molecule has 3 atom stereocenters. The van der Waals surface area contributed by atoms with Crippen molar-refractivity contribution in [2.75, 3.05) is 6.61 Å². The first-order valence-electron chi connectivity index (χ1n) is 15.3. The second-order valence-electron chi connectivity index (χ2n) is 10.9. The number of allylic oxidation sites excluding steroid dienone is 2. The number of aliphatic hydroxyl groups excluding tert-OH is 1. The Bertz CT molecular complexity index is 660. The molecule has 1 amide bonds. The van der Waals surface area contributed by atoms with Gasteiger partial charge in [0.25, 0.3) is 5.91 Å². The Balaban J connectivity index is 4.43. The summed E-state index contributed by atoms with van der Waals surface area (Å²) in [5, 5.41) is 9.75. The summed E-state index contributed by atoms with van der Waals surface area (Å²) in [5.74, 6) is -1.22. The lowest BCUT2D eigenvalue weighted by Gasteiger charge is -2.38. The van der Waals surface area contributed by atoms with Gasteiger partial charge in [0, 0.05) is 5.57 Å². The third kappa shape index (κ3) is 17.0. The van der Waals surface area contributed by atoms with Gasteiger partial charge < -0.3 is 20.3 Å². The molecule has 0 aromatic carbocycles. The minimum absolute atomic E-state index is 0.0572. The lowest BCUT2D eigenvalue weighted by atomic mass is 9.86. The Kier molecular flexibility index (Phi) is 22.2. The van der Waals surface area contributed by atoms with E-state index in [9.17, 15) is 14.7 Å². The molecule has 0 heterocycles. The van der Waals surface area contributed by atoms with Gasteiger partial charge in [-0.3, -0.25) is 4.79 Å². The van der Waals surface area contributed by atoms with Gasteiger partial charge in [0.1, 0.15) is 6.10 Å². The molecule has 3 N–H and O–H groups in total. The molecule has 0 aromatic rings. The van der Waals surface area contributed by atoms with Crippen LogP contribution in [0, 0.1) is 0 Å². The maximum Gasteiger partial charge on any atom is 0.333 e. The average Bonchev–Trinajstić information content (AvgIpc) is 2.87. The number of ether oxygens (including phenoxy) is 2. The van der Waals surface area contributed by atoms with Gasteiger partial charge >= 0.3 is 5.97 Å². The maximum atomic E-state index is 12.6. The van der Waals surface area contributed by atoms with Crippen molar-refractivity contribution in [3.8, 4) is 0 Å². The molecule has 0 saturated carbocycles. The maximum absolute atomic E-state index is 12.6. The Labute approximate surface area is 233 Å². The van der Waals surface area contributed by atoms with Crippen LogP contribution < -0.4 is 5.73 Å². The fraction of sp³-hybridized carbons (Fsp3) is 0.812. The molecule has 0 fully saturated rings. The zero-order valence-corrected chi connectivity index (χ0v) is 25.1. The summed E-state index contributed by atoms with van der Waals surface area (Å²) in [6.07, 6.45) is 22.8. The van der Waals surface area contributed by atoms with E-state index in [0.29, 0.717) is 19.3 Å². The summed E-state index contributed by atoms with van der Waals surface area (Å²) < 4.78 is 11.6. The number of esters is 1. The van der Waals surface area contributed by atoms with Crippen LogP contribution in [-0.2, 0) is 19.1 Å². The van der Waals surface area contributed by atoms with E-state index in [1.165, 1.54) is 77.0 Å². The van der Waals surface area contributed by atoms with E-state index in [1.807, 2.05) is 6.92 Å². The molecule has 0 aliphatic rings. The second-order valence-corrected chi connectivity index (χ2v) is 10.9. The van der Waals surface area contributed by atoms with Crippen molar-refractivity contribution in [3.05, 3.63) is 24.3 Å². The van der Waals surface area contributed by atoms with Crippen LogP contribution in [0.4, 0.5) is 0 Å². The molecular weight excluding hydrogens is 478 g/mol. The van der Waals surface area contributed by atoms with Crippen LogP contribution in [0.15, 0.2) is 24.3 Å². The molecule has 6 nitrogen and oxygen atoms in total. The summed E-state index contributed by atoms with van der Waals surface area (Å²) >= 11 is 0. The molecule has 0 aliphatic heterocycles. The molecule has 6 heteroatoms. The number of carbonyl (C=O) groups excluding carboxylic acids is 2. The molecule has 0 aliphatic carbocycles. The van der Waals surface area contributed by atoms with E-state index in [0.717, 1.165) is 19.3 Å². The monoisotopic (exact) mass is 537 g/mol. The van der Waals surface area contributed by atoms with Crippen LogP contribution in [0.1, 0.15) is 143 Å². The number of primary amides is 1. The molecule has 0 spiro atoms. The van der Waals surface area contributed by atoms with Crippen LogP contribution >= 0.6 is 0 Å². The van der Waals surface area contributed by atoms with Crippen LogP contribution in [0.5, 0.6) is 0 Å². The highest BCUT2D eigenvalue weighted by molar-refractivity contribution is 5.89. The van der Waals surface area contributed by atoms with Crippen molar-refractivity contribution in [2.45, 2.75) is 161 Å². The highest BCUT2D eigenvalue weighted by Crippen LogP contribution is 2.30. The minimum atomic E-state index is -1.46. The van der Waals surface area contributed by atoms with Crippen LogP contribution in [0.2, 0.25) is 0 Å². The van der Waals surface area contributed by atoms with E-state index in [4.69, 9.17) is 15.2 Å². The smallest absolute Gasteiger partial charge is 0.333 e. The Morgan fingerprint density at radius 3 is 1.82 bits per heavy atom. The molecule has 0 aromatic heterocycles. The molecule has 38 heavy (non-hydrogen) atoms. The number of hydrogen-bond acceptors (Lipinski definition) is 5. The van der Waals surface area contributed by atoms with E-state index < -0.39 is 29.7 Å². The van der Waals surface area contributed by atoms with E-state index in [2.05, 4.69) is 25.7 Å². The Hall–Kier alpha value is -1.66. The largest absolute Gasteiger partial charge is 0.455 e. The van der Waals surface area contributed by atoms with E-state index >= 15 is 0 Å². The van der Waals surface area contributed by atoms with E-state index in [1.54, 1.807) is 13.8 Å². The second kappa shape index (κ2) is 23.2. The number of amides is 1. The van der Waals surface area contributed by atoms with Gasteiger partial charge in [0.05, 0.1) is 12.7 Å². The molecule has 3 unspecified atom stereocenters. The topological polar surface area (TPSA) is 98.8 Å². The Morgan fingerprint density at radius 1 is 0.868 bits per heavy atom. The molecule has 222 valence electrons. The number of carbonyl (C=O) groups is 2. The quantitative estimate of drug-likeness (QED) is 0.0509. The van der Waals surface area contributed by atoms with Gasteiger partial charge in [-0.2, -0.15) is 0 Å². The predicted octanol–water partition coefficient (Wildman–Crippen LogP) is 7.71. The zero-order valence-electron chi connectivity index (χ0n) is 25.1. The van der Waals surface area contributed by atoms with Gasteiger partial charge in [0.15, 0.2) is 5.60 Å². The average molecular weight is 538 g/mol. The van der Waals surface area contributed by atoms with Gasteiger partial charge in [-0.25, -0.2) is 4.79 Å². The lowest BCUT2D eigenvalue weighted by molar-refractivity contribution is -0.185. The number of nitrogens with two attached hydrogens (primary N) is 1. The van der Waals surface area contributed by atoms with Gasteiger partial charge in [-0.15, -0.1) is 0 Å². The van der Waals surface area contributed by atoms with Crippen LogP contribution in [0.3, 0.4) is 0 Å². The number of unbranched alkanes of at least 4 members (excludes halogenated alkanes) is 13. The first-order valence-corrected chi connectivity index (χ1v) is 15.3. The van der Waals surface area contributed by atoms with Crippen molar-refractivity contribution in [1.82, 2.24) is 0 Å². The first kappa shape index (κ1) is 36.3. The molecule has 0 saturated heterocycles. The third-order valence-electron chi connectivity index (χ3n) is 6.97. The molecule has 0 radical (unpaired) electrons. The Morgan fingerprint density at radius 2 is 1.37 bits per heavy atom. The van der Waals surface area contributed by atoms with Crippen molar-refractivity contribution in [3.63, 3.8) is 0 Å². The highest BCUT2D eigenvalue weighted by Gasteiger charge is 2.47. The molecule has 0 rings (SSSR count). The van der Waals surface area contributed by atoms with Gasteiger partial charge in [-0.1, -0.05) is 103 Å². The number of hydrogen-bond donors (Lipinski definition) is 2. The number of aliphatic hydroxyl groups is 1. The van der Waals surface area contributed by atoms with Crippen molar-refractivity contribution >= 4 is 11.9 Å². The number of rotatable bonds is 26. The molecule has 0 bridgehead atoms. The summed E-state index contributed by atoms with van der Waals surface area (Å²) in [7, 11) is 0. The normalized spacial score (nSPS) is 14.8. The summed E-state index contributed by atoms with van der Waals surface area (Å²) in [6.45, 7) is 10.9. The van der Waals surface area contributed by atoms with Crippen molar-refractivity contribution < 1.29 is 24.2 Å². The fourth-order valence-corrected chi connectivity index (χ4v) is 4.69. The standard InChI is InChI=1S/C32H59NO5/c1-6-8-9-10-11-12-13-14-15-16-17-18-19-20-21-22-23-24-29(38-30(35)27(3)4)32(25-7-2,31(33)36)37-26-28(5)34/h14-15,28-29,34H,3,6-13,16-26H2,1-2,4-5H3,(H2,33,36)/b15-14-. The summed E-state index contributed by atoms with van der Waals surface area (Å²) in [5.41, 5.74) is 4.60. The predicted molar refractivity (Wildman–Crippen MR) is 158 cm³/mol. The zero-order chi connectivity index (χ0) is 28.7. The SMILES string of the molecule is C=C(C)C(=O)OC(CCCCCCCCC/C=C\CCCCCCCC)C(CCC)(OCC(C)O)C(N)=O. The van der Waals surface area contributed by atoms with Crippen LogP contribution in [-0.4, -0.2) is 41.4 Å². The third-order valence-corrected chi connectivity index (χ3v) is 6.97. The summed E-state index contributed by atoms with van der Waals surface area (Å²) in [6, 6.07) is 0. The van der Waals surface area contributed by atoms with Gasteiger partial charge in [-0.05, 0) is 58.8 Å². The van der Waals surface area contributed by atoms with Crippen LogP contribution in [0.25, 0.3) is 0 Å². The van der Waals surface area contributed by atoms with E-state index in [-0.39, 0.29) is 12.2 Å². The minimum Gasteiger partial charge on any atom is -0.455 e. The lowest BCUT2D eigenvalue weighted by Crippen LogP contribution is -2.57. The van der Waals surface area contributed by atoms with Gasteiger partial charge in [0.2, 0.25) is 0 Å². The molecular formula is C32H59NO5. The highest BCUT2D eigenvalue weighted by atomic mass is 16.6. The van der Waals surface area contributed by atoms with Crippen molar-refractivity contribution in [1.29, 1.82) is 0 Å².